The molecule has 1 aliphatic rings. The average molecular weight is 399 g/mol. The molecule has 0 radical (unpaired) electrons. The summed E-state index contributed by atoms with van der Waals surface area (Å²) in [5.74, 6) is 1.07. The molecule has 0 saturated heterocycles. The standard InChI is InChI=1S/C18H13N3O8/c1-26-14-4-10-12(5-15(14)27-2)19-7-11(18(10)21(24)25)9-3-16-17(29-8-28-16)6-13(9)20(22)23/h3-7H,8H2,1-2H3. The van der Waals surface area contributed by atoms with Crippen LogP contribution < -0.4 is 18.9 Å². The molecule has 1 aromatic heterocycles. The second kappa shape index (κ2) is 6.78. The Morgan fingerprint density at radius 2 is 1.59 bits per heavy atom. The van der Waals surface area contributed by atoms with Gasteiger partial charge in [0, 0.05) is 18.3 Å². The van der Waals surface area contributed by atoms with Crippen molar-refractivity contribution in [3.63, 3.8) is 0 Å². The van der Waals surface area contributed by atoms with E-state index in [1.54, 1.807) is 0 Å². The molecule has 0 saturated carbocycles. The van der Waals surface area contributed by atoms with E-state index in [-0.39, 0.29) is 57.4 Å². The fourth-order valence-electron chi connectivity index (χ4n) is 3.20. The van der Waals surface area contributed by atoms with Crippen LogP contribution in [-0.4, -0.2) is 35.8 Å². The van der Waals surface area contributed by atoms with Crippen molar-refractivity contribution in [2.75, 3.05) is 21.0 Å². The zero-order chi connectivity index (χ0) is 20.7. The van der Waals surface area contributed by atoms with Gasteiger partial charge in [0.25, 0.3) is 11.4 Å². The van der Waals surface area contributed by atoms with Crippen LogP contribution in [0.25, 0.3) is 22.0 Å². The summed E-state index contributed by atoms with van der Waals surface area (Å²) in [5.41, 5.74) is -0.465. The van der Waals surface area contributed by atoms with E-state index in [2.05, 4.69) is 4.98 Å². The number of methoxy groups -OCH3 is 2. The van der Waals surface area contributed by atoms with Gasteiger partial charge < -0.3 is 18.9 Å². The van der Waals surface area contributed by atoms with Crippen LogP contribution in [0.1, 0.15) is 0 Å². The second-order valence-corrected chi connectivity index (χ2v) is 5.98. The maximum atomic E-state index is 12.0. The first-order valence-corrected chi connectivity index (χ1v) is 8.22. The molecule has 0 spiro atoms. The molecular formula is C18H13N3O8. The van der Waals surface area contributed by atoms with E-state index in [9.17, 15) is 20.2 Å². The third-order valence-electron chi connectivity index (χ3n) is 4.51. The van der Waals surface area contributed by atoms with Gasteiger partial charge in [0.05, 0.1) is 52.2 Å². The fraction of sp³-hybridized carbons (Fsp3) is 0.167. The van der Waals surface area contributed by atoms with Gasteiger partial charge in [-0.1, -0.05) is 0 Å². The number of nitro groups is 2. The van der Waals surface area contributed by atoms with E-state index < -0.39 is 9.85 Å². The van der Waals surface area contributed by atoms with Crippen LogP contribution in [0.5, 0.6) is 23.0 Å². The topological polar surface area (TPSA) is 136 Å². The predicted molar refractivity (Wildman–Crippen MR) is 99.7 cm³/mol. The first-order chi connectivity index (χ1) is 13.9. The summed E-state index contributed by atoms with van der Waals surface area (Å²) in [5, 5.41) is 23.7. The predicted octanol–water partition coefficient (Wildman–Crippen LogP) is 3.46. The summed E-state index contributed by atoms with van der Waals surface area (Å²) in [4.78, 5) is 26.6. The van der Waals surface area contributed by atoms with Gasteiger partial charge in [-0.3, -0.25) is 25.2 Å². The highest BCUT2D eigenvalue weighted by atomic mass is 16.7. The van der Waals surface area contributed by atoms with Gasteiger partial charge in [0.2, 0.25) is 6.79 Å². The van der Waals surface area contributed by atoms with Crippen molar-refractivity contribution in [2.24, 2.45) is 0 Å². The number of aromatic nitrogens is 1. The molecular weight excluding hydrogens is 386 g/mol. The van der Waals surface area contributed by atoms with Gasteiger partial charge in [-0.2, -0.15) is 0 Å². The molecule has 3 aromatic rings. The number of nitrogens with zero attached hydrogens (tertiary/aromatic N) is 3. The van der Waals surface area contributed by atoms with Crippen molar-refractivity contribution in [1.82, 2.24) is 4.98 Å². The third-order valence-corrected chi connectivity index (χ3v) is 4.51. The molecule has 11 heteroatoms. The molecule has 0 aliphatic carbocycles. The minimum Gasteiger partial charge on any atom is -0.493 e. The van der Waals surface area contributed by atoms with Crippen LogP contribution in [0.3, 0.4) is 0 Å². The normalized spacial score (nSPS) is 12.1. The Balaban J connectivity index is 2.06. The zero-order valence-corrected chi connectivity index (χ0v) is 15.2. The van der Waals surface area contributed by atoms with E-state index in [0.717, 1.165) is 0 Å². The Morgan fingerprint density at radius 3 is 2.21 bits per heavy atom. The molecule has 1 aliphatic heterocycles. The van der Waals surface area contributed by atoms with Crippen LogP contribution in [0, 0.1) is 20.2 Å². The summed E-state index contributed by atoms with van der Waals surface area (Å²) in [6, 6.07) is 5.44. The van der Waals surface area contributed by atoms with E-state index in [1.165, 1.54) is 44.7 Å². The lowest BCUT2D eigenvalue weighted by Crippen LogP contribution is -2.00. The highest BCUT2D eigenvalue weighted by Gasteiger charge is 2.30. The van der Waals surface area contributed by atoms with Crippen molar-refractivity contribution in [3.8, 4) is 34.1 Å². The van der Waals surface area contributed by atoms with E-state index in [0.29, 0.717) is 5.75 Å². The molecule has 11 nitrogen and oxygen atoms in total. The maximum absolute atomic E-state index is 12.0. The summed E-state index contributed by atoms with van der Waals surface area (Å²) in [6.07, 6.45) is 1.22. The van der Waals surface area contributed by atoms with Crippen molar-refractivity contribution >= 4 is 22.3 Å². The Hall–Kier alpha value is -4.15. The molecule has 0 bridgehead atoms. The lowest BCUT2D eigenvalue weighted by molar-refractivity contribution is -0.385. The number of hydrogen-bond acceptors (Lipinski definition) is 9. The quantitative estimate of drug-likeness (QED) is 0.466. The Kier molecular flexibility index (Phi) is 4.26. The maximum Gasteiger partial charge on any atom is 0.288 e. The first-order valence-electron chi connectivity index (χ1n) is 8.22. The SMILES string of the molecule is COc1cc2ncc(-c3cc4c(cc3[N+](=O)[O-])OCO4)c([N+](=O)[O-])c2cc1OC. The number of rotatable bonds is 5. The molecule has 0 N–H and O–H groups in total. The minimum atomic E-state index is -0.639. The minimum absolute atomic E-state index is 0.00450. The molecule has 4 rings (SSSR count). The van der Waals surface area contributed by atoms with Gasteiger partial charge in [0.15, 0.2) is 23.0 Å². The van der Waals surface area contributed by atoms with Crippen LogP contribution in [-0.2, 0) is 0 Å². The highest BCUT2D eigenvalue weighted by Crippen LogP contribution is 2.46. The first kappa shape index (κ1) is 18.2. The van der Waals surface area contributed by atoms with Crippen LogP contribution in [0.15, 0.2) is 30.5 Å². The largest absolute Gasteiger partial charge is 0.493 e. The molecule has 0 fully saturated rings. The van der Waals surface area contributed by atoms with E-state index in [1.807, 2.05) is 0 Å². The Bertz CT molecular complexity index is 1180. The fourth-order valence-corrected chi connectivity index (χ4v) is 3.20. The number of ether oxygens (including phenoxy) is 4. The lowest BCUT2D eigenvalue weighted by atomic mass is 10.00. The summed E-state index contributed by atoms with van der Waals surface area (Å²) < 4.78 is 20.9. The summed E-state index contributed by atoms with van der Waals surface area (Å²) >= 11 is 0. The second-order valence-electron chi connectivity index (χ2n) is 5.98. The van der Waals surface area contributed by atoms with Gasteiger partial charge in [-0.15, -0.1) is 0 Å². The highest BCUT2D eigenvalue weighted by molar-refractivity contribution is 5.98. The van der Waals surface area contributed by atoms with Crippen molar-refractivity contribution in [3.05, 3.63) is 50.7 Å². The van der Waals surface area contributed by atoms with Crippen LogP contribution >= 0.6 is 0 Å². The third kappa shape index (κ3) is 2.88. The molecule has 2 aromatic carbocycles. The van der Waals surface area contributed by atoms with E-state index in [4.69, 9.17) is 18.9 Å². The van der Waals surface area contributed by atoms with Gasteiger partial charge >= 0.3 is 0 Å². The van der Waals surface area contributed by atoms with Crippen molar-refractivity contribution < 1.29 is 28.8 Å². The molecule has 0 unspecified atom stereocenters. The Morgan fingerprint density at radius 1 is 0.931 bits per heavy atom. The zero-order valence-electron chi connectivity index (χ0n) is 15.2. The molecule has 0 atom stereocenters. The van der Waals surface area contributed by atoms with Gasteiger partial charge in [-0.05, 0) is 6.07 Å². The monoisotopic (exact) mass is 399 g/mol. The summed E-state index contributed by atoms with van der Waals surface area (Å²) in [6.45, 7) is -0.0923. The molecule has 29 heavy (non-hydrogen) atoms. The van der Waals surface area contributed by atoms with Crippen LogP contribution in [0.2, 0.25) is 0 Å². The Labute approximate surface area is 162 Å². The smallest absolute Gasteiger partial charge is 0.288 e. The van der Waals surface area contributed by atoms with Crippen molar-refractivity contribution in [2.45, 2.75) is 0 Å². The number of hydrogen-bond donors (Lipinski definition) is 0. The number of nitro benzene ring substituents is 1. The molecule has 2 heterocycles. The lowest BCUT2D eigenvalue weighted by Gasteiger charge is -2.11. The number of fused-ring (bicyclic) bond motifs is 2. The summed E-state index contributed by atoms with van der Waals surface area (Å²) in [7, 11) is 2.83. The average Bonchev–Trinajstić information content (AvgIpc) is 3.18. The number of benzene rings is 2. The van der Waals surface area contributed by atoms with E-state index >= 15 is 0 Å². The van der Waals surface area contributed by atoms with Crippen molar-refractivity contribution in [1.29, 1.82) is 0 Å². The number of pyridine rings is 1. The molecule has 0 amide bonds. The van der Waals surface area contributed by atoms with Crippen LogP contribution in [0.4, 0.5) is 11.4 Å². The molecule has 148 valence electrons. The van der Waals surface area contributed by atoms with Gasteiger partial charge in [-0.25, -0.2) is 0 Å². The van der Waals surface area contributed by atoms with Gasteiger partial charge in [0.1, 0.15) is 0 Å².